The van der Waals surface area contributed by atoms with E-state index in [9.17, 15) is 18.8 Å². The lowest BCUT2D eigenvalue weighted by molar-refractivity contribution is -0.121. The second-order valence-electron chi connectivity index (χ2n) is 6.65. The van der Waals surface area contributed by atoms with Crippen LogP contribution in [0.1, 0.15) is 38.2 Å². The van der Waals surface area contributed by atoms with E-state index in [0.717, 1.165) is 17.7 Å². The van der Waals surface area contributed by atoms with E-state index in [1.54, 1.807) is 13.2 Å². The number of hydrogen-bond donors (Lipinski definition) is 1. The number of imide groups is 1. The second kappa shape index (κ2) is 5.42. The Morgan fingerprint density at radius 2 is 1.72 bits per heavy atom. The molecule has 4 rings (SSSR count). The van der Waals surface area contributed by atoms with Crippen molar-refractivity contribution >= 4 is 40.9 Å². The maximum atomic E-state index is 14.8. The third-order valence-electron chi connectivity index (χ3n) is 5.32. The molecule has 1 aromatic carbocycles. The molecule has 1 aromatic rings. The van der Waals surface area contributed by atoms with Gasteiger partial charge in [0.2, 0.25) is 5.91 Å². The van der Waals surface area contributed by atoms with Gasteiger partial charge in [-0.15, -0.1) is 11.8 Å². The highest BCUT2D eigenvalue weighted by Gasteiger charge is 2.45. The molecule has 1 atom stereocenters. The van der Waals surface area contributed by atoms with E-state index in [1.807, 2.05) is 0 Å². The lowest BCUT2D eigenvalue weighted by atomic mass is 9.93. The molecule has 0 aromatic heterocycles. The van der Waals surface area contributed by atoms with Gasteiger partial charge in [0.1, 0.15) is 10.6 Å². The minimum Gasteiger partial charge on any atom is -0.324 e. The van der Waals surface area contributed by atoms with Crippen LogP contribution in [0.2, 0.25) is 0 Å². The summed E-state index contributed by atoms with van der Waals surface area (Å²) in [5.41, 5.74) is 1.91. The average Bonchev–Trinajstić information content (AvgIpc) is 3.00. The maximum Gasteiger partial charge on any atom is 0.261 e. The van der Waals surface area contributed by atoms with Crippen LogP contribution in [-0.4, -0.2) is 24.0 Å². The van der Waals surface area contributed by atoms with Crippen molar-refractivity contribution < 1.29 is 18.8 Å². The van der Waals surface area contributed by atoms with Crippen LogP contribution in [0, 0.1) is 5.82 Å². The Morgan fingerprint density at radius 1 is 1.12 bits per heavy atom. The lowest BCUT2D eigenvalue weighted by Gasteiger charge is -2.21. The molecule has 25 heavy (non-hydrogen) atoms. The number of hydrogen-bond acceptors (Lipinski definition) is 4. The summed E-state index contributed by atoms with van der Waals surface area (Å²) in [7, 11) is 0. The Morgan fingerprint density at radius 3 is 2.28 bits per heavy atom. The summed E-state index contributed by atoms with van der Waals surface area (Å²) in [5, 5.41) is 2.73. The van der Waals surface area contributed by atoms with Gasteiger partial charge >= 0.3 is 0 Å². The molecule has 5 nitrogen and oxygen atoms in total. The molecule has 130 valence electrons. The average molecular weight is 360 g/mol. The first kappa shape index (κ1) is 16.3. The molecule has 0 bridgehead atoms. The zero-order chi connectivity index (χ0) is 17.9. The molecule has 3 amide bonds. The van der Waals surface area contributed by atoms with Crippen molar-refractivity contribution in [3.63, 3.8) is 0 Å². The van der Waals surface area contributed by atoms with Gasteiger partial charge in [0.25, 0.3) is 11.8 Å². The van der Waals surface area contributed by atoms with Crippen molar-refractivity contribution in [3.05, 3.63) is 34.7 Å². The van der Waals surface area contributed by atoms with Crippen LogP contribution in [0.25, 0.3) is 0 Å². The van der Waals surface area contributed by atoms with Gasteiger partial charge in [0.15, 0.2) is 0 Å². The first-order valence-corrected chi connectivity index (χ1v) is 9.42. The van der Waals surface area contributed by atoms with Crippen molar-refractivity contribution in [2.75, 3.05) is 16.5 Å². The Labute approximate surface area is 148 Å². The molecular formula is C18H17FN2O3S. The summed E-state index contributed by atoms with van der Waals surface area (Å²) in [6.07, 6.45) is 4.63. The normalized spacial score (nSPS) is 25.4. The second-order valence-corrected chi connectivity index (χ2v) is 7.88. The molecule has 2 aliphatic heterocycles. The first-order chi connectivity index (χ1) is 11.9. The smallest absolute Gasteiger partial charge is 0.261 e. The summed E-state index contributed by atoms with van der Waals surface area (Å²) in [4.78, 5) is 38.5. The highest BCUT2D eigenvalue weighted by Crippen LogP contribution is 2.47. The predicted octanol–water partition coefficient (Wildman–Crippen LogP) is 3.10. The van der Waals surface area contributed by atoms with Crippen LogP contribution in [0.4, 0.5) is 15.8 Å². The molecule has 1 aliphatic carbocycles. The van der Waals surface area contributed by atoms with Crippen LogP contribution in [0.3, 0.4) is 0 Å². The quantitative estimate of drug-likeness (QED) is 0.823. The number of nitrogens with zero attached hydrogens (tertiary/aromatic N) is 1. The number of thioether (sulfide) groups is 1. The van der Waals surface area contributed by atoms with Crippen LogP contribution < -0.4 is 10.2 Å². The highest BCUT2D eigenvalue weighted by molar-refractivity contribution is 8.00. The van der Waals surface area contributed by atoms with Gasteiger partial charge in [0, 0.05) is 22.4 Å². The van der Waals surface area contributed by atoms with E-state index in [1.165, 1.54) is 23.9 Å². The molecule has 0 saturated carbocycles. The summed E-state index contributed by atoms with van der Waals surface area (Å²) in [6, 6.07) is 2.66. The number of fused-ring (bicyclic) bond motifs is 1. The van der Waals surface area contributed by atoms with Gasteiger partial charge in [-0.05, 0) is 51.0 Å². The van der Waals surface area contributed by atoms with E-state index in [-0.39, 0.29) is 11.6 Å². The molecular weight excluding hydrogens is 343 g/mol. The van der Waals surface area contributed by atoms with Gasteiger partial charge in [0.05, 0.1) is 5.69 Å². The highest BCUT2D eigenvalue weighted by atomic mass is 32.2. The summed E-state index contributed by atoms with van der Waals surface area (Å²) >= 11 is 1.32. The van der Waals surface area contributed by atoms with Crippen molar-refractivity contribution in [2.24, 2.45) is 0 Å². The van der Waals surface area contributed by atoms with Gasteiger partial charge in [-0.1, -0.05) is 0 Å². The largest absolute Gasteiger partial charge is 0.324 e. The van der Waals surface area contributed by atoms with E-state index in [2.05, 4.69) is 5.32 Å². The van der Waals surface area contributed by atoms with Gasteiger partial charge in [-0.3, -0.25) is 14.4 Å². The molecule has 0 radical (unpaired) electrons. The van der Waals surface area contributed by atoms with Crippen LogP contribution in [0.15, 0.2) is 23.3 Å². The number of carbonyl (C=O) groups is 3. The van der Waals surface area contributed by atoms with Crippen molar-refractivity contribution in [3.8, 4) is 0 Å². The van der Waals surface area contributed by atoms with Gasteiger partial charge in [-0.25, -0.2) is 9.29 Å². The Balaban J connectivity index is 1.79. The number of rotatable bonds is 2. The zero-order valence-electron chi connectivity index (χ0n) is 13.9. The van der Waals surface area contributed by atoms with Crippen molar-refractivity contribution in [1.82, 2.24) is 0 Å². The Bertz CT molecular complexity index is 851. The molecule has 2 heterocycles. The van der Waals surface area contributed by atoms with Crippen LogP contribution in [0.5, 0.6) is 0 Å². The van der Waals surface area contributed by atoms with E-state index in [0.29, 0.717) is 35.2 Å². The number of carbonyl (C=O) groups excluding carboxylic acids is 3. The number of anilines is 2. The molecule has 1 N–H and O–H groups in total. The first-order valence-electron chi connectivity index (χ1n) is 8.20. The molecule has 1 unspecified atom stereocenters. The summed E-state index contributed by atoms with van der Waals surface area (Å²) < 4.78 is 13.9. The number of halogens is 1. The lowest BCUT2D eigenvalue weighted by Crippen LogP contribution is -2.32. The van der Waals surface area contributed by atoms with Crippen LogP contribution >= 0.6 is 11.8 Å². The van der Waals surface area contributed by atoms with Crippen LogP contribution in [-0.2, 0) is 19.1 Å². The van der Waals surface area contributed by atoms with E-state index >= 15 is 0 Å². The topological polar surface area (TPSA) is 66.5 Å². The molecule has 0 spiro atoms. The van der Waals surface area contributed by atoms with E-state index < -0.39 is 22.4 Å². The maximum absolute atomic E-state index is 14.8. The van der Waals surface area contributed by atoms with E-state index in [4.69, 9.17) is 0 Å². The minimum absolute atomic E-state index is 0.0891. The number of benzene rings is 1. The Hall–Kier alpha value is -2.15. The van der Waals surface area contributed by atoms with Gasteiger partial charge < -0.3 is 5.32 Å². The third kappa shape index (κ3) is 2.11. The molecule has 0 saturated heterocycles. The number of nitrogens with one attached hydrogen (secondary N) is 1. The third-order valence-corrected chi connectivity index (χ3v) is 6.54. The summed E-state index contributed by atoms with van der Waals surface area (Å²) in [6.45, 7) is 1.73. The fourth-order valence-corrected chi connectivity index (χ4v) is 4.38. The predicted molar refractivity (Wildman–Crippen MR) is 93.9 cm³/mol. The van der Waals surface area contributed by atoms with Gasteiger partial charge in [-0.2, -0.15) is 0 Å². The SMILES string of the molecule is CSC1(C)C(=O)Nc2cc(N3C(=O)C4=C(CCCC4)C3=O)c(F)cc21. The Kier molecular flexibility index (Phi) is 3.54. The summed E-state index contributed by atoms with van der Waals surface area (Å²) in [5.74, 6) is -1.77. The van der Waals surface area contributed by atoms with Crippen molar-refractivity contribution in [2.45, 2.75) is 37.4 Å². The minimum atomic E-state index is -0.884. The fourth-order valence-electron chi connectivity index (χ4n) is 3.76. The molecule has 3 aliphatic rings. The molecule has 7 heteroatoms. The fraction of sp³-hybridized carbons (Fsp3) is 0.389. The standard InChI is InChI=1S/C18H17FN2O3S/c1-18(25-2)11-7-12(19)14(8-13(11)20-17(18)24)21-15(22)9-5-3-4-6-10(9)16(21)23/h7-8H,3-6H2,1-2H3,(H,20,24). The monoisotopic (exact) mass is 360 g/mol. The number of amides is 3. The van der Waals surface area contributed by atoms with Crippen molar-refractivity contribution in [1.29, 1.82) is 0 Å². The zero-order valence-corrected chi connectivity index (χ0v) is 14.8. The molecule has 0 fully saturated rings.